The molecule has 4 atom stereocenters. The molecule has 1 rings (SSSR count). The Labute approximate surface area is 73.1 Å². The quantitative estimate of drug-likeness (QED) is 0.640. The Hall–Kier alpha value is -0.330. The number of alkyl halides is 3. The van der Waals surface area contributed by atoms with Gasteiger partial charge in [0.1, 0.15) is 12.0 Å². The van der Waals surface area contributed by atoms with E-state index in [9.17, 15) is 13.2 Å². The molecule has 0 amide bonds. The summed E-state index contributed by atoms with van der Waals surface area (Å²) < 4.78 is 41.5. The van der Waals surface area contributed by atoms with Crippen molar-refractivity contribution in [2.24, 2.45) is 5.92 Å². The van der Waals surface area contributed by atoms with Crippen molar-refractivity contribution in [2.45, 2.75) is 31.4 Å². The average molecular weight is 200 g/mol. The maximum Gasteiger partial charge on any atom is 0.396 e. The first-order valence-corrected chi connectivity index (χ1v) is 3.89. The van der Waals surface area contributed by atoms with Crippen LogP contribution in [0.5, 0.6) is 0 Å². The molecule has 13 heavy (non-hydrogen) atoms. The summed E-state index contributed by atoms with van der Waals surface area (Å²) in [6.07, 6.45) is -8.38. The first kappa shape index (κ1) is 10.7. The van der Waals surface area contributed by atoms with E-state index in [1.54, 1.807) is 0 Å². The zero-order chi connectivity index (χ0) is 10.2. The number of hydrogen-bond donors (Lipinski definition) is 2. The third-order valence-corrected chi connectivity index (χ3v) is 2.20. The summed E-state index contributed by atoms with van der Waals surface area (Å²) >= 11 is 0. The number of ether oxygens (including phenoxy) is 1. The lowest BCUT2D eigenvalue weighted by Crippen LogP contribution is -2.39. The van der Waals surface area contributed by atoms with E-state index in [0.717, 1.165) is 0 Å². The fourth-order valence-electron chi connectivity index (χ4n) is 1.56. The van der Waals surface area contributed by atoms with Crippen molar-refractivity contribution in [3.63, 3.8) is 0 Å². The van der Waals surface area contributed by atoms with E-state index in [0.29, 0.717) is 0 Å². The number of aliphatic hydroxyl groups excluding tert-OH is 2. The molecule has 1 heterocycles. The summed E-state index contributed by atoms with van der Waals surface area (Å²) in [4.78, 5) is 0. The van der Waals surface area contributed by atoms with Crippen LogP contribution in [-0.4, -0.2) is 41.3 Å². The van der Waals surface area contributed by atoms with Gasteiger partial charge in [0, 0.05) is 0 Å². The topological polar surface area (TPSA) is 49.7 Å². The molecular weight excluding hydrogens is 189 g/mol. The third kappa shape index (κ3) is 1.95. The summed E-state index contributed by atoms with van der Waals surface area (Å²) in [7, 11) is 0. The van der Waals surface area contributed by atoms with Crippen LogP contribution in [-0.2, 0) is 4.74 Å². The van der Waals surface area contributed by atoms with Gasteiger partial charge in [-0.1, -0.05) is 0 Å². The second-order valence-electron chi connectivity index (χ2n) is 3.12. The largest absolute Gasteiger partial charge is 0.396 e. The van der Waals surface area contributed by atoms with Gasteiger partial charge in [-0.2, -0.15) is 13.2 Å². The number of halogens is 3. The predicted molar refractivity (Wildman–Crippen MR) is 37.0 cm³/mol. The SMILES string of the molecule is C[C@@H]1O[C@H](CO)C(O)C1C(F)(F)F. The highest BCUT2D eigenvalue weighted by molar-refractivity contribution is 4.92. The van der Waals surface area contributed by atoms with Crippen molar-refractivity contribution in [1.82, 2.24) is 0 Å². The van der Waals surface area contributed by atoms with Gasteiger partial charge in [-0.3, -0.25) is 0 Å². The van der Waals surface area contributed by atoms with Crippen LogP contribution in [0.15, 0.2) is 0 Å². The Balaban J connectivity index is 2.76. The lowest BCUT2D eigenvalue weighted by Gasteiger charge is -2.20. The van der Waals surface area contributed by atoms with Crippen LogP contribution in [0.3, 0.4) is 0 Å². The van der Waals surface area contributed by atoms with Gasteiger partial charge in [-0.25, -0.2) is 0 Å². The first-order chi connectivity index (χ1) is 5.88. The first-order valence-electron chi connectivity index (χ1n) is 3.89. The van der Waals surface area contributed by atoms with Gasteiger partial charge >= 0.3 is 6.18 Å². The highest BCUT2D eigenvalue weighted by Gasteiger charge is 2.55. The van der Waals surface area contributed by atoms with Gasteiger partial charge in [-0.15, -0.1) is 0 Å². The summed E-state index contributed by atoms with van der Waals surface area (Å²) in [6, 6.07) is 0. The molecule has 1 aliphatic heterocycles. The molecule has 0 bridgehead atoms. The third-order valence-electron chi connectivity index (χ3n) is 2.20. The lowest BCUT2D eigenvalue weighted by atomic mass is 9.97. The van der Waals surface area contributed by atoms with Crippen LogP contribution >= 0.6 is 0 Å². The fourth-order valence-corrected chi connectivity index (χ4v) is 1.56. The van der Waals surface area contributed by atoms with Gasteiger partial charge < -0.3 is 14.9 Å². The minimum Gasteiger partial charge on any atom is -0.394 e. The van der Waals surface area contributed by atoms with Crippen LogP contribution in [0, 0.1) is 5.92 Å². The number of aliphatic hydroxyl groups is 2. The van der Waals surface area contributed by atoms with Gasteiger partial charge in [0.25, 0.3) is 0 Å². The standard InChI is InChI=1S/C7H11F3O3/c1-3-5(7(8,9)10)6(12)4(2-11)13-3/h3-6,11-12H,2H2,1H3/t3-,4+,5?,6?/m0/s1. The van der Waals surface area contributed by atoms with Crippen LogP contribution in [0.1, 0.15) is 6.92 Å². The van der Waals surface area contributed by atoms with Crippen molar-refractivity contribution in [2.75, 3.05) is 6.61 Å². The van der Waals surface area contributed by atoms with Crippen molar-refractivity contribution in [1.29, 1.82) is 0 Å². The molecule has 1 saturated heterocycles. The van der Waals surface area contributed by atoms with E-state index in [4.69, 9.17) is 14.9 Å². The zero-order valence-electron chi connectivity index (χ0n) is 6.95. The van der Waals surface area contributed by atoms with Gasteiger partial charge in [0.05, 0.1) is 18.8 Å². The average Bonchev–Trinajstić information content (AvgIpc) is 2.24. The lowest BCUT2D eigenvalue weighted by molar-refractivity contribution is -0.200. The second-order valence-corrected chi connectivity index (χ2v) is 3.12. The van der Waals surface area contributed by atoms with Crippen molar-refractivity contribution < 1.29 is 28.1 Å². The highest BCUT2D eigenvalue weighted by Crippen LogP contribution is 2.39. The van der Waals surface area contributed by atoms with Crippen molar-refractivity contribution in [3.8, 4) is 0 Å². The Kier molecular flexibility index (Phi) is 2.84. The van der Waals surface area contributed by atoms with Crippen molar-refractivity contribution in [3.05, 3.63) is 0 Å². The minimum absolute atomic E-state index is 0.599. The highest BCUT2D eigenvalue weighted by atomic mass is 19.4. The van der Waals surface area contributed by atoms with Gasteiger partial charge in [-0.05, 0) is 6.92 Å². The van der Waals surface area contributed by atoms with E-state index in [2.05, 4.69) is 0 Å². The van der Waals surface area contributed by atoms with Crippen LogP contribution in [0.4, 0.5) is 13.2 Å². The van der Waals surface area contributed by atoms with Gasteiger partial charge in [0.15, 0.2) is 0 Å². The number of rotatable bonds is 1. The molecule has 0 spiro atoms. The molecule has 0 aromatic heterocycles. The summed E-state index contributed by atoms with van der Waals surface area (Å²) in [5.74, 6) is -1.90. The predicted octanol–water partition coefficient (Wildman–Crippen LogP) is 0.305. The summed E-state index contributed by atoms with van der Waals surface area (Å²) in [5, 5.41) is 17.7. The Morgan fingerprint density at radius 1 is 1.38 bits per heavy atom. The molecule has 2 unspecified atom stereocenters. The number of hydrogen-bond acceptors (Lipinski definition) is 3. The normalized spacial score (nSPS) is 41.1. The smallest absolute Gasteiger partial charge is 0.394 e. The molecule has 1 aliphatic rings. The summed E-state index contributed by atoms with van der Waals surface area (Å²) in [5.41, 5.74) is 0. The van der Waals surface area contributed by atoms with E-state index < -0.39 is 37.0 Å². The molecule has 78 valence electrons. The molecular formula is C7H11F3O3. The molecule has 0 radical (unpaired) electrons. The molecule has 3 nitrogen and oxygen atoms in total. The molecule has 6 heteroatoms. The maximum absolute atomic E-state index is 12.2. The maximum atomic E-state index is 12.2. The van der Waals surface area contributed by atoms with Crippen molar-refractivity contribution >= 4 is 0 Å². The Bertz CT molecular complexity index is 182. The monoisotopic (exact) mass is 200 g/mol. The minimum atomic E-state index is -4.48. The Morgan fingerprint density at radius 3 is 2.15 bits per heavy atom. The van der Waals surface area contributed by atoms with Gasteiger partial charge in [0.2, 0.25) is 0 Å². The van der Waals surface area contributed by atoms with Crippen LogP contribution in [0.25, 0.3) is 0 Å². The Morgan fingerprint density at radius 2 is 1.92 bits per heavy atom. The second kappa shape index (κ2) is 3.43. The molecule has 2 N–H and O–H groups in total. The van der Waals surface area contributed by atoms with Crippen LogP contribution in [0.2, 0.25) is 0 Å². The molecule has 1 fully saturated rings. The van der Waals surface area contributed by atoms with E-state index >= 15 is 0 Å². The van der Waals surface area contributed by atoms with Crippen LogP contribution < -0.4 is 0 Å². The summed E-state index contributed by atoms with van der Waals surface area (Å²) in [6.45, 7) is 0.634. The van der Waals surface area contributed by atoms with E-state index in [1.165, 1.54) is 6.92 Å². The van der Waals surface area contributed by atoms with E-state index in [-0.39, 0.29) is 0 Å². The zero-order valence-corrected chi connectivity index (χ0v) is 6.95. The fraction of sp³-hybridized carbons (Fsp3) is 1.00. The van der Waals surface area contributed by atoms with E-state index in [1.807, 2.05) is 0 Å². The molecule has 0 aromatic carbocycles. The molecule has 0 aromatic rings. The molecule has 0 saturated carbocycles. The molecule has 0 aliphatic carbocycles.